The zero-order chi connectivity index (χ0) is 23.7. The Labute approximate surface area is 194 Å². The van der Waals surface area contributed by atoms with Crippen LogP contribution in [0.1, 0.15) is 18.1 Å². The van der Waals surface area contributed by atoms with Gasteiger partial charge in [0.25, 0.3) is 10.0 Å². The van der Waals surface area contributed by atoms with Gasteiger partial charge in [-0.05, 0) is 66.9 Å². The number of rotatable bonds is 12. The second kappa shape index (κ2) is 11.6. The molecule has 2 aromatic carbocycles. The fraction of sp³-hybridized carbons (Fsp3) is 0.292. The first kappa shape index (κ1) is 24.5. The van der Waals surface area contributed by atoms with Gasteiger partial charge in [0.05, 0.1) is 11.1 Å². The summed E-state index contributed by atoms with van der Waals surface area (Å²) in [5, 5.41) is 13.2. The number of aromatic nitrogens is 1. The minimum Gasteiger partial charge on any atom is -0.489 e. The van der Waals surface area contributed by atoms with Gasteiger partial charge in [-0.25, -0.2) is 13.4 Å². The highest BCUT2D eigenvalue weighted by Gasteiger charge is 2.14. The molecule has 1 atom stereocenters. The van der Waals surface area contributed by atoms with Crippen molar-refractivity contribution < 1.29 is 18.3 Å². The quantitative estimate of drug-likeness (QED) is 0.300. The predicted molar refractivity (Wildman–Crippen MR) is 130 cm³/mol. The van der Waals surface area contributed by atoms with Gasteiger partial charge in [0.1, 0.15) is 24.3 Å². The number of ether oxygens (including phenoxy) is 1. The summed E-state index contributed by atoms with van der Waals surface area (Å²) in [4.78, 5) is 4.17. The van der Waals surface area contributed by atoms with Crippen LogP contribution in [-0.4, -0.2) is 44.3 Å². The molecule has 33 heavy (non-hydrogen) atoms. The van der Waals surface area contributed by atoms with Gasteiger partial charge in [0.2, 0.25) is 0 Å². The molecule has 0 unspecified atom stereocenters. The summed E-state index contributed by atoms with van der Waals surface area (Å²) in [6, 6.07) is 17.5. The van der Waals surface area contributed by atoms with E-state index in [4.69, 9.17) is 10.5 Å². The lowest BCUT2D eigenvalue weighted by atomic mass is 10.1. The van der Waals surface area contributed by atoms with Crippen LogP contribution in [-0.2, 0) is 22.9 Å². The molecule has 5 N–H and O–H groups in total. The van der Waals surface area contributed by atoms with Crippen LogP contribution >= 0.6 is 0 Å². The first-order valence-electron chi connectivity index (χ1n) is 10.8. The maximum atomic E-state index is 12.6. The molecule has 0 aliphatic rings. The van der Waals surface area contributed by atoms with E-state index in [0.29, 0.717) is 30.3 Å². The van der Waals surface area contributed by atoms with Crippen molar-refractivity contribution in [1.29, 1.82) is 0 Å². The lowest BCUT2D eigenvalue weighted by molar-refractivity contribution is 0.106. The van der Waals surface area contributed by atoms with E-state index in [1.807, 2.05) is 31.2 Å². The molecule has 0 saturated carbocycles. The average Bonchev–Trinajstić information content (AvgIpc) is 2.82. The van der Waals surface area contributed by atoms with Crippen LogP contribution in [0.15, 0.2) is 71.8 Å². The zero-order valence-corrected chi connectivity index (χ0v) is 19.4. The molecule has 9 heteroatoms. The molecule has 0 saturated heterocycles. The zero-order valence-electron chi connectivity index (χ0n) is 18.6. The first-order chi connectivity index (χ1) is 15.9. The van der Waals surface area contributed by atoms with Crippen LogP contribution < -0.4 is 20.5 Å². The van der Waals surface area contributed by atoms with Crippen molar-refractivity contribution in [2.45, 2.75) is 30.8 Å². The summed E-state index contributed by atoms with van der Waals surface area (Å²) in [6.45, 7) is 3.22. The number of aryl methyl sites for hydroxylation is 1. The molecule has 0 radical (unpaired) electrons. The van der Waals surface area contributed by atoms with E-state index < -0.39 is 16.1 Å². The van der Waals surface area contributed by atoms with E-state index >= 15 is 0 Å². The second-order valence-corrected chi connectivity index (χ2v) is 9.32. The highest BCUT2D eigenvalue weighted by Crippen LogP contribution is 2.18. The van der Waals surface area contributed by atoms with Gasteiger partial charge in [0.15, 0.2) is 0 Å². The van der Waals surface area contributed by atoms with Crippen molar-refractivity contribution >= 4 is 21.5 Å². The number of aliphatic hydroxyl groups excluding tert-OH is 1. The Hall–Kier alpha value is -3.14. The van der Waals surface area contributed by atoms with Crippen molar-refractivity contribution in [2.75, 3.05) is 30.2 Å². The maximum absolute atomic E-state index is 12.6. The van der Waals surface area contributed by atoms with E-state index in [9.17, 15) is 13.5 Å². The van der Waals surface area contributed by atoms with E-state index in [0.717, 1.165) is 24.0 Å². The van der Waals surface area contributed by atoms with Gasteiger partial charge in [-0.15, -0.1) is 0 Å². The largest absolute Gasteiger partial charge is 0.489 e. The summed E-state index contributed by atoms with van der Waals surface area (Å²) >= 11 is 0. The van der Waals surface area contributed by atoms with Gasteiger partial charge >= 0.3 is 0 Å². The highest BCUT2D eigenvalue weighted by atomic mass is 32.2. The van der Waals surface area contributed by atoms with E-state index in [1.165, 1.54) is 6.20 Å². The average molecular weight is 471 g/mol. The number of aliphatic hydroxyl groups is 1. The maximum Gasteiger partial charge on any atom is 0.261 e. The van der Waals surface area contributed by atoms with Crippen LogP contribution in [0.3, 0.4) is 0 Å². The number of nitrogens with zero attached hydrogens (tertiary/aromatic N) is 1. The van der Waals surface area contributed by atoms with Crippen molar-refractivity contribution in [3.05, 3.63) is 78.0 Å². The molecular formula is C24H30N4O4S. The second-order valence-electron chi connectivity index (χ2n) is 7.64. The van der Waals surface area contributed by atoms with Gasteiger partial charge in [-0.2, -0.15) is 0 Å². The Morgan fingerprint density at radius 2 is 1.73 bits per heavy atom. The Morgan fingerprint density at radius 1 is 1.03 bits per heavy atom. The SMILES string of the molecule is CCc1ccc(S(=O)(=O)Nc2ccc(CCNC[C@H](O)COc3ccc(N)nc3)cc2)cc1. The Morgan fingerprint density at radius 3 is 2.36 bits per heavy atom. The van der Waals surface area contributed by atoms with Gasteiger partial charge in [0, 0.05) is 12.2 Å². The van der Waals surface area contributed by atoms with Crippen molar-refractivity contribution in [1.82, 2.24) is 10.3 Å². The number of benzene rings is 2. The predicted octanol–water partition coefficient (Wildman–Crippen LogP) is 2.60. The molecule has 176 valence electrons. The Balaban J connectivity index is 1.39. The van der Waals surface area contributed by atoms with E-state index in [1.54, 1.807) is 36.4 Å². The van der Waals surface area contributed by atoms with Crippen LogP contribution in [0.25, 0.3) is 0 Å². The first-order valence-corrected chi connectivity index (χ1v) is 12.3. The molecule has 8 nitrogen and oxygen atoms in total. The molecular weight excluding hydrogens is 440 g/mol. The number of anilines is 2. The number of nitrogens with one attached hydrogen (secondary N) is 2. The Kier molecular flexibility index (Phi) is 8.65. The molecule has 3 rings (SSSR count). The fourth-order valence-electron chi connectivity index (χ4n) is 3.09. The smallest absolute Gasteiger partial charge is 0.261 e. The fourth-order valence-corrected chi connectivity index (χ4v) is 4.15. The third-order valence-electron chi connectivity index (χ3n) is 5.02. The van der Waals surface area contributed by atoms with Crippen LogP contribution in [0, 0.1) is 0 Å². The monoisotopic (exact) mass is 470 g/mol. The van der Waals surface area contributed by atoms with Crippen molar-refractivity contribution in [3.8, 4) is 5.75 Å². The van der Waals surface area contributed by atoms with Crippen molar-refractivity contribution in [3.63, 3.8) is 0 Å². The van der Waals surface area contributed by atoms with Gasteiger partial charge < -0.3 is 20.9 Å². The number of hydrogen-bond donors (Lipinski definition) is 4. The number of pyridine rings is 1. The minimum absolute atomic E-state index is 0.147. The molecule has 3 aromatic rings. The number of nitrogen functional groups attached to an aromatic ring is 1. The topological polar surface area (TPSA) is 127 Å². The van der Waals surface area contributed by atoms with Crippen LogP contribution in [0.4, 0.5) is 11.5 Å². The highest BCUT2D eigenvalue weighted by molar-refractivity contribution is 7.92. The Bertz CT molecular complexity index is 1100. The number of sulfonamides is 1. The third-order valence-corrected chi connectivity index (χ3v) is 6.42. The lowest BCUT2D eigenvalue weighted by Crippen LogP contribution is -2.32. The summed E-state index contributed by atoms with van der Waals surface area (Å²) in [6.07, 6.45) is 2.45. The summed E-state index contributed by atoms with van der Waals surface area (Å²) in [5.41, 5.74) is 8.17. The normalized spacial score (nSPS) is 12.3. The molecule has 1 aromatic heterocycles. The minimum atomic E-state index is -3.62. The summed E-state index contributed by atoms with van der Waals surface area (Å²) in [7, 11) is -3.62. The third kappa shape index (κ3) is 7.74. The van der Waals surface area contributed by atoms with Gasteiger partial charge in [-0.1, -0.05) is 31.2 Å². The molecule has 0 bridgehead atoms. The molecule has 0 fully saturated rings. The molecule has 0 amide bonds. The molecule has 0 spiro atoms. The summed E-state index contributed by atoms with van der Waals surface area (Å²) < 4.78 is 33.2. The van der Waals surface area contributed by atoms with Crippen LogP contribution in [0.2, 0.25) is 0 Å². The lowest BCUT2D eigenvalue weighted by Gasteiger charge is -2.13. The summed E-state index contributed by atoms with van der Waals surface area (Å²) in [5.74, 6) is 0.966. The van der Waals surface area contributed by atoms with E-state index in [-0.39, 0.29) is 11.5 Å². The standard InChI is InChI=1S/C24H30N4O4S/c1-2-18-5-10-23(11-6-18)33(30,31)28-20-7-3-19(4-8-20)13-14-26-15-21(29)17-32-22-9-12-24(25)27-16-22/h3-12,16,21,26,28-29H,2,13-15,17H2,1H3,(H2,25,27)/t21-/m0/s1. The van der Waals surface area contributed by atoms with Crippen molar-refractivity contribution in [2.24, 2.45) is 0 Å². The van der Waals surface area contributed by atoms with E-state index in [2.05, 4.69) is 15.0 Å². The molecule has 1 heterocycles. The number of hydrogen-bond acceptors (Lipinski definition) is 7. The molecule has 0 aliphatic carbocycles. The number of nitrogens with two attached hydrogens (primary N) is 1. The molecule has 0 aliphatic heterocycles. The van der Waals surface area contributed by atoms with Crippen LogP contribution in [0.5, 0.6) is 5.75 Å². The van der Waals surface area contributed by atoms with Gasteiger partial charge in [-0.3, -0.25) is 4.72 Å².